The molecule has 1 unspecified atom stereocenters. The predicted molar refractivity (Wildman–Crippen MR) is 100 cm³/mol. The molecular formula is C22H22O5. The number of hydrogen-bond donors (Lipinski definition) is 1. The minimum atomic E-state index is -1.70. The largest absolute Gasteiger partial charge is 0.497 e. The summed E-state index contributed by atoms with van der Waals surface area (Å²) in [6.07, 6.45) is 0.288. The van der Waals surface area contributed by atoms with Crippen LogP contribution in [0.4, 0.5) is 0 Å². The molecule has 1 aliphatic rings. The van der Waals surface area contributed by atoms with E-state index in [0.717, 1.165) is 5.56 Å². The highest BCUT2D eigenvalue weighted by Gasteiger charge is 2.47. The lowest BCUT2D eigenvalue weighted by atomic mass is 9.93. The Morgan fingerprint density at radius 2 is 1.89 bits per heavy atom. The van der Waals surface area contributed by atoms with Gasteiger partial charge < -0.3 is 19.3 Å². The molecule has 0 saturated heterocycles. The van der Waals surface area contributed by atoms with Crippen molar-refractivity contribution in [2.24, 2.45) is 0 Å². The van der Waals surface area contributed by atoms with Crippen LogP contribution in [0.5, 0.6) is 5.75 Å². The normalized spacial score (nSPS) is 19.6. The van der Waals surface area contributed by atoms with Gasteiger partial charge in [-0.1, -0.05) is 24.1 Å². The van der Waals surface area contributed by atoms with Gasteiger partial charge in [-0.05, 0) is 55.7 Å². The molecule has 3 rings (SSSR count). The fourth-order valence-electron chi connectivity index (χ4n) is 3.05. The highest BCUT2D eigenvalue weighted by atomic mass is 16.6. The molecule has 0 aliphatic carbocycles. The number of hydrogen-bond acceptors (Lipinski definition) is 5. The van der Waals surface area contributed by atoms with Gasteiger partial charge in [0.05, 0.1) is 18.3 Å². The molecule has 0 bridgehead atoms. The summed E-state index contributed by atoms with van der Waals surface area (Å²) < 4.78 is 16.3. The Kier molecular flexibility index (Phi) is 5.22. The summed E-state index contributed by atoms with van der Waals surface area (Å²) in [7, 11) is 1.59. The van der Waals surface area contributed by atoms with Crippen LogP contribution in [0.3, 0.4) is 0 Å². The van der Waals surface area contributed by atoms with Crippen molar-refractivity contribution in [3.63, 3.8) is 0 Å². The van der Waals surface area contributed by atoms with E-state index in [0.29, 0.717) is 16.9 Å². The molecule has 1 aliphatic heterocycles. The van der Waals surface area contributed by atoms with Crippen molar-refractivity contribution >= 4 is 5.97 Å². The lowest BCUT2D eigenvalue weighted by Crippen LogP contribution is -2.27. The molecule has 0 spiro atoms. The van der Waals surface area contributed by atoms with Crippen molar-refractivity contribution in [3.05, 3.63) is 65.2 Å². The maximum Gasteiger partial charge on any atom is 0.338 e. The number of aliphatic hydroxyl groups is 1. The van der Waals surface area contributed by atoms with E-state index >= 15 is 0 Å². The van der Waals surface area contributed by atoms with Gasteiger partial charge >= 0.3 is 5.97 Å². The third-order valence-corrected chi connectivity index (χ3v) is 4.37. The van der Waals surface area contributed by atoms with Crippen molar-refractivity contribution in [2.45, 2.75) is 31.7 Å². The zero-order valence-electron chi connectivity index (χ0n) is 15.6. The molecule has 2 aromatic rings. The fraction of sp³-hybridized carbons (Fsp3) is 0.318. The number of benzene rings is 2. The maximum atomic E-state index is 11.9. The highest BCUT2D eigenvalue weighted by molar-refractivity contribution is 5.89. The molecule has 5 nitrogen and oxygen atoms in total. The van der Waals surface area contributed by atoms with Crippen LogP contribution in [-0.4, -0.2) is 24.8 Å². The molecule has 27 heavy (non-hydrogen) atoms. The number of fused-ring (bicyclic) bond motifs is 1. The summed E-state index contributed by atoms with van der Waals surface area (Å²) in [4.78, 5) is 11.9. The summed E-state index contributed by atoms with van der Waals surface area (Å²) in [6, 6.07) is 14.1. The van der Waals surface area contributed by atoms with Gasteiger partial charge in [0.2, 0.25) is 0 Å². The Labute approximate surface area is 158 Å². The van der Waals surface area contributed by atoms with Crippen LogP contribution >= 0.6 is 0 Å². The number of rotatable bonds is 4. The van der Waals surface area contributed by atoms with Crippen LogP contribution in [0.2, 0.25) is 0 Å². The maximum absolute atomic E-state index is 11.9. The van der Waals surface area contributed by atoms with Crippen molar-refractivity contribution in [1.29, 1.82) is 0 Å². The zero-order chi connectivity index (χ0) is 19.5. The lowest BCUT2D eigenvalue weighted by Gasteiger charge is -2.22. The predicted octanol–water partition coefficient (Wildman–Crippen LogP) is 3.36. The molecule has 5 heteroatoms. The summed E-state index contributed by atoms with van der Waals surface area (Å²) in [5, 5.41) is 10.9. The van der Waals surface area contributed by atoms with E-state index in [1.807, 2.05) is 26.0 Å². The quantitative estimate of drug-likeness (QED) is 0.511. The van der Waals surface area contributed by atoms with Gasteiger partial charge in [0.1, 0.15) is 12.4 Å². The van der Waals surface area contributed by atoms with Gasteiger partial charge in [-0.3, -0.25) is 0 Å². The monoisotopic (exact) mass is 366 g/mol. The van der Waals surface area contributed by atoms with Crippen molar-refractivity contribution in [3.8, 4) is 17.6 Å². The third-order valence-electron chi connectivity index (χ3n) is 4.37. The van der Waals surface area contributed by atoms with Gasteiger partial charge in [0, 0.05) is 12.0 Å². The SMILES string of the molecule is COc1ccc2c(c1)C(C)(C)OC2(O)C#CCCOC(=O)c1ccccc1. The third kappa shape index (κ3) is 3.97. The highest BCUT2D eigenvalue weighted by Crippen LogP contribution is 2.46. The van der Waals surface area contributed by atoms with Crippen molar-refractivity contribution in [1.82, 2.24) is 0 Å². The standard InChI is InChI=1S/C22H22O5/c1-21(2)19-15-17(25-3)11-12-18(19)22(24,27-21)13-7-8-14-26-20(23)16-9-5-4-6-10-16/h4-6,9-12,15,24H,8,14H2,1-3H3. The second kappa shape index (κ2) is 7.43. The first-order valence-corrected chi connectivity index (χ1v) is 8.69. The van der Waals surface area contributed by atoms with Crippen LogP contribution in [0.15, 0.2) is 48.5 Å². The fourth-order valence-corrected chi connectivity index (χ4v) is 3.05. The first kappa shape index (κ1) is 19.0. The van der Waals surface area contributed by atoms with Gasteiger partial charge in [-0.25, -0.2) is 4.79 Å². The van der Waals surface area contributed by atoms with Gasteiger partial charge in [0.25, 0.3) is 5.79 Å². The molecule has 1 N–H and O–H groups in total. The van der Waals surface area contributed by atoms with Gasteiger partial charge in [-0.15, -0.1) is 0 Å². The van der Waals surface area contributed by atoms with Crippen molar-refractivity contribution in [2.75, 3.05) is 13.7 Å². The number of methoxy groups -OCH3 is 1. The van der Waals surface area contributed by atoms with E-state index in [2.05, 4.69) is 11.8 Å². The molecule has 0 fully saturated rings. The minimum absolute atomic E-state index is 0.135. The van der Waals surface area contributed by atoms with E-state index in [1.165, 1.54) is 0 Å². The Morgan fingerprint density at radius 1 is 1.15 bits per heavy atom. The second-order valence-electron chi connectivity index (χ2n) is 6.72. The molecule has 140 valence electrons. The van der Waals surface area contributed by atoms with Crippen LogP contribution in [0, 0.1) is 11.8 Å². The number of ether oxygens (including phenoxy) is 3. The molecule has 1 heterocycles. The topological polar surface area (TPSA) is 65.0 Å². The average molecular weight is 366 g/mol. The molecular weight excluding hydrogens is 344 g/mol. The van der Waals surface area contributed by atoms with Crippen molar-refractivity contribution < 1.29 is 24.1 Å². The van der Waals surface area contributed by atoms with Gasteiger partial charge in [0.15, 0.2) is 0 Å². The molecule has 0 saturated carbocycles. The molecule has 0 amide bonds. The van der Waals surface area contributed by atoms with Crippen LogP contribution in [0.25, 0.3) is 0 Å². The number of esters is 1. The molecule has 0 radical (unpaired) electrons. The Morgan fingerprint density at radius 3 is 2.59 bits per heavy atom. The van der Waals surface area contributed by atoms with E-state index < -0.39 is 17.4 Å². The molecule has 1 atom stereocenters. The Hall–Kier alpha value is -2.81. The van der Waals surface area contributed by atoms with Gasteiger partial charge in [-0.2, -0.15) is 0 Å². The first-order valence-electron chi connectivity index (χ1n) is 8.69. The van der Waals surface area contributed by atoms with E-state index in [1.54, 1.807) is 43.5 Å². The summed E-state index contributed by atoms with van der Waals surface area (Å²) >= 11 is 0. The average Bonchev–Trinajstić information content (AvgIpc) is 2.87. The minimum Gasteiger partial charge on any atom is -0.497 e. The Balaban J connectivity index is 1.66. The van der Waals surface area contributed by atoms with Crippen LogP contribution in [0.1, 0.15) is 41.8 Å². The number of carbonyl (C=O) groups is 1. The smallest absolute Gasteiger partial charge is 0.338 e. The van der Waals surface area contributed by atoms with E-state index in [-0.39, 0.29) is 13.0 Å². The first-order chi connectivity index (χ1) is 12.9. The van der Waals surface area contributed by atoms with Crippen LogP contribution in [-0.2, 0) is 20.9 Å². The second-order valence-corrected chi connectivity index (χ2v) is 6.72. The number of carbonyl (C=O) groups excluding carboxylic acids is 1. The zero-order valence-corrected chi connectivity index (χ0v) is 15.6. The summed E-state index contributed by atoms with van der Waals surface area (Å²) in [6.45, 7) is 3.87. The van der Waals surface area contributed by atoms with E-state index in [4.69, 9.17) is 14.2 Å². The summed E-state index contributed by atoms with van der Waals surface area (Å²) in [5.74, 6) is 4.21. The molecule has 0 aromatic heterocycles. The Bertz CT molecular complexity index is 892. The molecule has 2 aromatic carbocycles. The lowest BCUT2D eigenvalue weighted by molar-refractivity contribution is -0.210. The summed E-state index contributed by atoms with van der Waals surface area (Å²) in [5.41, 5.74) is 1.22. The van der Waals surface area contributed by atoms with E-state index in [9.17, 15) is 9.90 Å². The van der Waals surface area contributed by atoms with Crippen LogP contribution < -0.4 is 4.74 Å².